The molecule has 0 aliphatic carbocycles. The molecule has 1 aliphatic heterocycles. The highest BCUT2D eigenvalue weighted by Gasteiger charge is 2.19. The highest BCUT2D eigenvalue weighted by molar-refractivity contribution is 5.98. The molecule has 3 rings (SSSR count). The predicted molar refractivity (Wildman–Crippen MR) is 104 cm³/mol. The van der Waals surface area contributed by atoms with Gasteiger partial charge in [-0.15, -0.1) is 0 Å². The number of primary amides is 1. The Kier molecular flexibility index (Phi) is 5.71. The molecule has 2 aromatic carbocycles. The third-order valence-electron chi connectivity index (χ3n) is 4.39. The zero-order chi connectivity index (χ0) is 19.2. The average molecular weight is 366 g/mol. The molecule has 2 aromatic rings. The number of nitrogens with zero attached hydrogens (tertiary/aromatic N) is 1. The van der Waals surface area contributed by atoms with Gasteiger partial charge in [-0.25, -0.2) is 0 Å². The molecule has 0 unspecified atom stereocenters. The zero-order valence-corrected chi connectivity index (χ0v) is 14.9. The lowest BCUT2D eigenvalue weighted by Crippen LogP contribution is -2.27. The van der Waals surface area contributed by atoms with E-state index in [9.17, 15) is 14.4 Å². The minimum absolute atomic E-state index is 0.00927. The highest BCUT2D eigenvalue weighted by Crippen LogP contribution is 2.16. The predicted octanol–water partition coefficient (Wildman–Crippen LogP) is 2.07. The average Bonchev–Trinajstić information content (AvgIpc) is 3.21. The van der Waals surface area contributed by atoms with Crippen molar-refractivity contribution in [3.8, 4) is 0 Å². The maximum atomic E-state index is 12.4. The number of amides is 3. The molecule has 27 heavy (non-hydrogen) atoms. The molecule has 7 nitrogen and oxygen atoms in total. The summed E-state index contributed by atoms with van der Waals surface area (Å²) in [5.74, 6) is -0.794. The van der Waals surface area contributed by atoms with Crippen molar-refractivity contribution >= 4 is 29.1 Å². The molecule has 0 spiro atoms. The van der Waals surface area contributed by atoms with Crippen LogP contribution in [-0.2, 0) is 4.79 Å². The van der Waals surface area contributed by atoms with Crippen LogP contribution in [0.1, 0.15) is 33.6 Å². The number of hydrogen-bond acceptors (Lipinski definition) is 4. The van der Waals surface area contributed by atoms with E-state index in [0.29, 0.717) is 22.5 Å². The molecule has 0 radical (unpaired) electrons. The fourth-order valence-corrected chi connectivity index (χ4v) is 3.00. The molecule has 140 valence electrons. The van der Waals surface area contributed by atoms with E-state index in [1.165, 1.54) is 0 Å². The van der Waals surface area contributed by atoms with E-state index < -0.39 is 5.91 Å². The van der Waals surface area contributed by atoms with Gasteiger partial charge in [-0.05, 0) is 49.2 Å². The summed E-state index contributed by atoms with van der Waals surface area (Å²) in [5, 5.41) is 5.72. The van der Waals surface area contributed by atoms with Gasteiger partial charge in [0.1, 0.15) is 0 Å². The van der Waals surface area contributed by atoms with E-state index in [0.717, 1.165) is 25.9 Å². The van der Waals surface area contributed by atoms with E-state index in [1.54, 1.807) is 48.5 Å². The summed E-state index contributed by atoms with van der Waals surface area (Å²) >= 11 is 0. The second-order valence-corrected chi connectivity index (χ2v) is 6.43. The quantitative estimate of drug-likeness (QED) is 0.728. The number of carbonyl (C=O) groups is 3. The normalized spacial score (nSPS) is 13.3. The van der Waals surface area contributed by atoms with Crippen LogP contribution in [0.4, 0.5) is 11.4 Å². The van der Waals surface area contributed by atoms with E-state index in [2.05, 4.69) is 10.6 Å². The van der Waals surface area contributed by atoms with Crippen LogP contribution in [0.25, 0.3) is 0 Å². The Morgan fingerprint density at radius 2 is 1.56 bits per heavy atom. The standard InChI is InChI=1S/C20H22N4O3/c21-19(26)14-5-3-7-16(11-14)22-13-18(25)23-17-8-4-6-15(12-17)20(27)24-9-1-2-10-24/h3-8,11-12,22H,1-2,9-10,13H2,(H2,21,26)(H,23,25). The Hall–Kier alpha value is -3.35. The highest BCUT2D eigenvalue weighted by atomic mass is 16.2. The first-order valence-electron chi connectivity index (χ1n) is 8.86. The molecule has 0 bridgehead atoms. The van der Waals surface area contributed by atoms with Crippen LogP contribution < -0.4 is 16.4 Å². The monoisotopic (exact) mass is 366 g/mol. The lowest BCUT2D eigenvalue weighted by Gasteiger charge is -2.16. The number of anilines is 2. The van der Waals surface area contributed by atoms with Crippen molar-refractivity contribution in [3.63, 3.8) is 0 Å². The third-order valence-corrected chi connectivity index (χ3v) is 4.39. The fourth-order valence-electron chi connectivity index (χ4n) is 3.00. The van der Waals surface area contributed by atoms with Crippen molar-refractivity contribution in [2.24, 2.45) is 5.73 Å². The Bertz CT molecular complexity index is 860. The molecular weight excluding hydrogens is 344 g/mol. The summed E-state index contributed by atoms with van der Waals surface area (Å²) in [7, 11) is 0. The number of nitrogens with two attached hydrogens (primary N) is 1. The molecule has 1 fully saturated rings. The Morgan fingerprint density at radius 1 is 0.926 bits per heavy atom. The molecule has 3 amide bonds. The van der Waals surface area contributed by atoms with Gasteiger partial charge in [0, 0.05) is 35.6 Å². The molecule has 0 saturated carbocycles. The van der Waals surface area contributed by atoms with E-state index >= 15 is 0 Å². The van der Waals surface area contributed by atoms with Crippen molar-refractivity contribution in [1.82, 2.24) is 4.90 Å². The zero-order valence-electron chi connectivity index (χ0n) is 14.9. The minimum Gasteiger partial charge on any atom is -0.376 e. The minimum atomic E-state index is -0.525. The topological polar surface area (TPSA) is 105 Å². The number of hydrogen-bond donors (Lipinski definition) is 3. The van der Waals surface area contributed by atoms with Gasteiger partial charge >= 0.3 is 0 Å². The summed E-state index contributed by atoms with van der Waals surface area (Å²) in [4.78, 5) is 37.7. The molecule has 1 saturated heterocycles. The number of carbonyl (C=O) groups excluding carboxylic acids is 3. The third kappa shape index (κ3) is 4.84. The van der Waals surface area contributed by atoms with Crippen LogP contribution in [0.15, 0.2) is 48.5 Å². The molecule has 1 aliphatic rings. The first-order valence-corrected chi connectivity index (χ1v) is 8.86. The summed E-state index contributed by atoms with van der Waals surface area (Å²) in [6, 6.07) is 13.6. The Morgan fingerprint density at radius 3 is 2.26 bits per heavy atom. The second kappa shape index (κ2) is 8.35. The van der Waals surface area contributed by atoms with Gasteiger partial charge in [-0.3, -0.25) is 14.4 Å². The van der Waals surface area contributed by atoms with Crippen molar-refractivity contribution in [1.29, 1.82) is 0 Å². The Balaban J connectivity index is 1.58. The summed E-state index contributed by atoms with van der Waals surface area (Å²) in [6.07, 6.45) is 2.07. The summed E-state index contributed by atoms with van der Waals surface area (Å²) in [6.45, 7) is 1.58. The van der Waals surface area contributed by atoms with Crippen LogP contribution in [0.3, 0.4) is 0 Å². The van der Waals surface area contributed by atoms with Gasteiger partial charge in [0.05, 0.1) is 6.54 Å². The van der Waals surface area contributed by atoms with Crippen LogP contribution in [0.5, 0.6) is 0 Å². The van der Waals surface area contributed by atoms with Crippen LogP contribution in [0, 0.1) is 0 Å². The van der Waals surface area contributed by atoms with Crippen molar-refractivity contribution in [2.45, 2.75) is 12.8 Å². The fraction of sp³-hybridized carbons (Fsp3) is 0.250. The maximum absolute atomic E-state index is 12.4. The molecule has 7 heteroatoms. The van der Waals surface area contributed by atoms with Gasteiger partial charge in [0.15, 0.2) is 0 Å². The molecular formula is C20H22N4O3. The first-order chi connectivity index (χ1) is 13.0. The molecule has 1 heterocycles. The lowest BCUT2D eigenvalue weighted by molar-refractivity contribution is -0.114. The second-order valence-electron chi connectivity index (χ2n) is 6.43. The van der Waals surface area contributed by atoms with Crippen LogP contribution >= 0.6 is 0 Å². The van der Waals surface area contributed by atoms with Gasteiger partial charge in [-0.1, -0.05) is 12.1 Å². The van der Waals surface area contributed by atoms with Crippen LogP contribution in [-0.4, -0.2) is 42.3 Å². The molecule has 0 atom stereocenters. The maximum Gasteiger partial charge on any atom is 0.253 e. The molecule has 4 N–H and O–H groups in total. The largest absolute Gasteiger partial charge is 0.376 e. The number of likely N-dealkylation sites (tertiary alicyclic amines) is 1. The number of rotatable bonds is 6. The summed E-state index contributed by atoms with van der Waals surface area (Å²) < 4.78 is 0. The first kappa shape index (κ1) is 18.4. The molecule has 0 aromatic heterocycles. The van der Waals surface area contributed by atoms with Gasteiger partial charge in [0.2, 0.25) is 11.8 Å². The van der Waals surface area contributed by atoms with Gasteiger partial charge in [0.25, 0.3) is 5.91 Å². The van der Waals surface area contributed by atoms with E-state index in [-0.39, 0.29) is 18.4 Å². The lowest BCUT2D eigenvalue weighted by atomic mass is 10.1. The summed E-state index contributed by atoms with van der Waals surface area (Å²) in [5.41, 5.74) is 7.37. The van der Waals surface area contributed by atoms with Crippen LogP contribution in [0.2, 0.25) is 0 Å². The number of nitrogens with one attached hydrogen (secondary N) is 2. The van der Waals surface area contributed by atoms with E-state index in [4.69, 9.17) is 5.73 Å². The van der Waals surface area contributed by atoms with Gasteiger partial charge < -0.3 is 21.3 Å². The SMILES string of the molecule is NC(=O)c1cccc(NCC(=O)Nc2cccc(C(=O)N3CCCC3)c2)c1. The Labute approximate surface area is 157 Å². The van der Waals surface area contributed by atoms with E-state index in [1.807, 2.05) is 4.90 Å². The van der Waals surface area contributed by atoms with Crippen molar-refractivity contribution in [2.75, 3.05) is 30.3 Å². The van der Waals surface area contributed by atoms with Crippen molar-refractivity contribution in [3.05, 3.63) is 59.7 Å². The number of benzene rings is 2. The smallest absolute Gasteiger partial charge is 0.253 e. The van der Waals surface area contributed by atoms with Crippen molar-refractivity contribution < 1.29 is 14.4 Å². The van der Waals surface area contributed by atoms with Gasteiger partial charge in [-0.2, -0.15) is 0 Å².